The summed E-state index contributed by atoms with van der Waals surface area (Å²) in [4.78, 5) is 0. The van der Waals surface area contributed by atoms with E-state index < -0.39 is 0 Å². The molecule has 0 spiro atoms. The molecule has 0 aromatic heterocycles. The Balaban J connectivity index is 1.56. The summed E-state index contributed by atoms with van der Waals surface area (Å²) >= 11 is 0. The van der Waals surface area contributed by atoms with E-state index in [1.807, 2.05) is 0 Å². The molecule has 1 aromatic carbocycles. The maximum Gasteiger partial charge on any atom is 0.0499 e. The second kappa shape index (κ2) is 5.46. The molecule has 0 aliphatic heterocycles. The highest BCUT2D eigenvalue weighted by Gasteiger charge is 2.41. The molecule has 0 bridgehead atoms. The molecule has 0 atom stereocenters. The van der Waals surface area contributed by atoms with E-state index in [1.165, 1.54) is 24.8 Å². The fourth-order valence-electron chi connectivity index (χ4n) is 1.98. The Bertz CT molecular complexity index is 306. The van der Waals surface area contributed by atoms with Crippen molar-refractivity contribution in [1.29, 1.82) is 0 Å². The van der Waals surface area contributed by atoms with Crippen LogP contribution in [0, 0.1) is 5.41 Å². The molecule has 1 aromatic rings. The number of aliphatic hydroxyl groups is 1. The lowest BCUT2D eigenvalue weighted by Crippen LogP contribution is -2.27. The average Bonchev–Trinajstić information content (AvgIpc) is 3.11. The normalized spacial score (nSPS) is 17.3. The molecule has 0 heterocycles. The van der Waals surface area contributed by atoms with Gasteiger partial charge >= 0.3 is 0 Å². The van der Waals surface area contributed by atoms with Crippen LogP contribution < -0.4 is 5.32 Å². The molecule has 0 amide bonds. The van der Waals surface area contributed by atoms with E-state index in [0.717, 1.165) is 19.5 Å². The molecule has 2 rings (SSSR count). The standard InChI is InChI=1S/C14H21NO/c16-12-14(8-9-14)11-15-10-4-7-13-5-2-1-3-6-13/h1-3,5-6,15-16H,4,7-12H2. The minimum Gasteiger partial charge on any atom is -0.396 e. The monoisotopic (exact) mass is 219 g/mol. The van der Waals surface area contributed by atoms with Gasteiger partial charge in [0.1, 0.15) is 0 Å². The molecule has 0 unspecified atom stereocenters. The highest BCUT2D eigenvalue weighted by molar-refractivity contribution is 5.14. The van der Waals surface area contributed by atoms with E-state index in [1.54, 1.807) is 0 Å². The summed E-state index contributed by atoms with van der Waals surface area (Å²) in [5, 5.41) is 12.6. The molecule has 2 N–H and O–H groups in total. The van der Waals surface area contributed by atoms with E-state index in [0.29, 0.717) is 6.61 Å². The molecule has 16 heavy (non-hydrogen) atoms. The molecule has 0 radical (unpaired) electrons. The van der Waals surface area contributed by atoms with Crippen molar-refractivity contribution in [2.24, 2.45) is 5.41 Å². The lowest BCUT2D eigenvalue weighted by Gasteiger charge is -2.12. The zero-order valence-electron chi connectivity index (χ0n) is 9.78. The summed E-state index contributed by atoms with van der Waals surface area (Å²) in [7, 11) is 0. The molecule has 1 saturated carbocycles. The number of aliphatic hydroxyl groups excluding tert-OH is 1. The predicted octanol–water partition coefficient (Wildman–Crippen LogP) is 1.98. The number of rotatable bonds is 7. The number of hydrogen-bond donors (Lipinski definition) is 2. The molecular formula is C14H21NO. The number of benzene rings is 1. The summed E-state index contributed by atoms with van der Waals surface area (Å²) in [5.74, 6) is 0. The van der Waals surface area contributed by atoms with Crippen LogP contribution in [0.15, 0.2) is 30.3 Å². The third-order valence-electron chi connectivity index (χ3n) is 3.45. The van der Waals surface area contributed by atoms with Gasteiger partial charge in [0.2, 0.25) is 0 Å². The van der Waals surface area contributed by atoms with Crippen molar-refractivity contribution >= 4 is 0 Å². The number of aryl methyl sites for hydroxylation is 1. The van der Waals surface area contributed by atoms with Gasteiger partial charge in [0.25, 0.3) is 0 Å². The van der Waals surface area contributed by atoms with Gasteiger partial charge < -0.3 is 10.4 Å². The van der Waals surface area contributed by atoms with Gasteiger partial charge in [-0.1, -0.05) is 30.3 Å². The highest BCUT2D eigenvalue weighted by Crippen LogP contribution is 2.44. The first-order chi connectivity index (χ1) is 7.85. The van der Waals surface area contributed by atoms with E-state index in [4.69, 9.17) is 5.11 Å². The van der Waals surface area contributed by atoms with Crippen molar-refractivity contribution in [2.45, 2.75) is 25.7 Å². The van der Waals surface area contributed by atoms with Crippen molar-refractivity contribution in [3.05, 3.63) is 35.9 Å². The van der Waals surface area contributed by atoms with Crippen LogP contribution in [-0.2, 0) is 6.42 Å². The van der Waals surface area contributed by atoms with Crippen molar-refractivity contribution in [3.8, 4) is 0 Å². The quantitative estimate of drug-likeness (QED) is 0.687. The minimum absolute atomic E-state index is 0.243. The van der Waals surface area contributed by atoms with Gasteiger partial charge in [0, 0.05) is 18.6 Å². The van der Waals surface area contributed by atoms with Crippen LogP contribution in [-0.4, -0.2) is 24.8 Å². The van der Waals surface area contributed by atoms with Crippen LogP contribution >= 0.6 is 0 Å². The Morgan fingerprint density at radius 1 is 1.19 bits per heavy atom. The Morgan fingerprint density at radius 2 is 1.94 bits per heavy atom. The van der Waals surface area contributed by atoms with Crippen LogP contribution in [0.3, 0.4) is 0 Å². The van der Waals surface area contributed by atoms with E-state index >= 15 is 0 Å². The Hall–Kier alpha value is -0.860. The van der Waals surface area contributed by atoms with Crippen LogP contribution in [0.2, 0.25) is 0 Å². The molecule has 2 heteroatoms. The molecule has 0 saturated heterocycles. The fraction of sp³-hybridized carbons (Fsp3) is 0.571. The molecule has 1 aliphatic rings. The zero-order valence-corrected chi connectivity index (χ0v) is 9.78. The van der Waals surface area contributed by atoms with Gasteiger partial charge in [0.05, 0.1) is 0 Å². The minimum atomic E-state index is 0.243. The number of hydrogen-bond acceptors (Lipinski definition) is 2. The van der Waals surface area contributed by atoms with Gasteiger partial charge in [-0.2, -0.15) is 0 Å². The second-order valence-electron chi connectivity index (χ2n) is 4.92. The SMILES string of the molecule is OCC1(CNCCCc2ccccc2)CC1. The maximum absolute atomic E-state index is 9.15. The van der Waals surface area contributed by atoms with E-state index in [9.17, 15) is 0 Å². The predicted molar refractivity (Wildman–Crippen MR) is 66.4 cm³/mol. The van der Waals surface area contributed by atoms with Crippen LogP contribution in [0.5, 0.6) is 0 Å². The second-order valence-corrected chi connectivity index (χ2v) is 4.92. The molecule has 2 nitrogen and oxygen atoms in total. The fourth-order valence-corrected chi connectivity index (χ4v) is 1.98. The van der Waals surface area contributed by atoms with Gasteiger partial charge in [-0.3, -0.25) is 0 Å². The summed E-state index contributed by atoms with van der Waals surface area (Å²) in [5.41, 5.74) is 1.65. The molecule has 88 valence electrons. The first-order valence-corrected chi connectivity index (χ1v) is 6.20. The Labute approximate surface area is 97.7 Å². The lowest BCUT2D eigenvalue weighted by atomic mass is 10.1. The third-order valence-corrected chi connectivity index (χ3v) is 3.45. The van der Waals surface area contributed by atoms with Crippen LogP contribution in [0.4, 0.5) is 0 Å². The lowest BCUT2D eigenvalue weighted by molar-refractivity contribution is 0.208. The molecule has 1 aliphatic carbocycles. The highest BCUT2D eigenvalue weighted by atomic mass is 16.3. The van der Waals surface area contributed by atoms with Crippen molar-refractivity contribution in [1.82, 2.24) is 5.32 Å². The van der Waals surface area contributed by atoms with E-state index in [2.05, 4.69) is 35.6 Å². The smallest absolute Gasteiger partial charge is 0.0499 e. The number of nitrogens with one attached hydrogen (secondary N) is 1. The van der Waals surface area contributed by atoms with Gasteiger partial charge in [-0.25, -0.2) is 0 Å². The summed E-state index contributed by atoms with van der Waals surface area (Å²) in [6.07, 6.45) is 4.69. The van der Waals surface area contributed by atoms with E-state index in [-0.39, 0.29) is 5.41 Å². The maximum atomic E-state index is 9.15. The van der Waals surface area contributed by atoms with Crippen molar-refractivity contribution in [2.75, 3.05) is 19.7 Å². The first kappa shape index (κ1) is 11.6. The third kappa shape index (κ3) is 3.32. The molecule has 1 fully saturated rings. The molecular weight excluding hydrogens is 198 g/mol. The van der Waals surface area contributed by atoms with Gasteiger partial charge in [-0.15, -0.1) is 0 Å². The van der Waals surface area contributed by atoms with Crippen LogP contribution in [0.1, 0.15) is 24.8 Å². The topological polar surface area (TPSA) is 32.3 Å². The zero-order chi connectivity index (χ0) is 11.3. The van der Waals surface area contributed by atoms with Gasteiger partial charge in [-0.05, 0) is 37.8 Å². The first-order valence-electron chi connectivity index (χ1n) is 6.20. The summed E-state index contributed by atoms with van der Waals surface area (Å²) in [6.45, 7) is 2.38. The van der Waals surface area contributed by atoms with Gasteiger partial charge in [0.15, 0.2) is 0 Å². The average molecular weight is 219 g/mol. The Kier molecular flexibility index (Phi) is 3.97. The van der Waals surface area contributed by atoms with Crippen molar-refractivity contribution < 1.29 is 5.11 Å². The largest absolute Gasteiger partial charge is 0.396 e. The summed E-state index contributed by atoms with van der Waals surface area (Å²) in [6, 6.07) is 10.6. The summed E-state index contributed by atoms with van der Waals surface area (Å²) < 4.78 is 0. The Morgan fingerprint density at radius 3 is 2.56 bits per heavy atom. The van der Waals surface area contributed by atoms with Crippen LogP contribution in [0.25, 0.3) is 0 Å². The van der Waals surface area contributed by atoms with Crippen molar-refractivity contribution in [3.63, 3.8) is 0 Å².